The van der Waals surface area contributed by atoms with Gasteiger partial charge in [-0.2, -0.15) is 0 Å². The molecule has 0 spiro atoms. The number of anilines is 1. The van der Waals surface area contributed by atoms with Crippen LogP contribution >= 0.6 is 0 Å². The van der Waals surface area contributed by atoms with Crippen LogP contribution in [0.25, 0.3) is 0 Å². The Morgan fingerprint density at radius 3 is 2.62 bits per heavy atom. The monoisotopic (exact) mass is 294 g/mol. The molecular weight excluding hydrogens is 272 g/mol. The van der Waals surface area contributed by atoms with Crippen LogP contribution in [0.15, 0.2) is 24.3 Å². The fraction of sp³-hybridized carbons (Fsp3) is 0.467. The second-order valence-corrected chi connectivity index (χ2v) is 5.08. The summed E-state index contributed by atoms with van der Waals surface area (Å²) in [6.07, 6.45) is 0.377. The molecule has 0 fully saturated rings. The van der Waals surface area contributed by atoms with E-state index in [0.29, 0.717) is 24.5 Å². The molecule has 1 atom stereocenters. The first-order chi connectivity index (χ1) is 9.92. The van der Waals surface area contributed by atoms with Crippen LogP contribution in [0.3, 0.4) is 0 Å². The average Bonchev–Trinajstić information content (AvgIpc) is 2.38. The van der Waals surface area contributed by atoms with E-state index in [2.05, 4.69) is 10.6 Å². The van der Waals surface area contributed by atoms with Crippen molar-refractivity contribution in [1.82, 2.24) is 5.32 Å². The van der Waals surface area contributed by atoms with Gasteiger partial charge in [0.2, 0.25) is 0 Å². The first kappa shape index (κ1) is 16.8. The third-order valence-electron chi connectivity index (χ3n) is 2.71. The number of hydrogen-bond donors (Lipinski definition) is 3. The molecule has 1 rings (SSSR count). The zero-order valence-corrected chi connectivity index (χ0v) is 12.6. The summed E-state index contributed by atoms with van der Waals surface area (Å²) in [6, 6.07) is 5.48. The number of rotatable bonds is 7. The number of carbonyl (C=O) groups is 2. The van der Waals surface area contributed by atoms with E-state index in [-0.39, 0.29) is 5.92 Å². The van der Waals surface area contributed by atoms with E-state index in [1.54, 1.807) is 24.3 Å². The first-order valence-corrected chi connectivity index (χ1v) is 6.95. The highest BCUT2D eigenvalue weighted by molar-refractivity contribution is 5.92. The van der Waals surface area contributed by atoms with E-state index in [1.165, 1.54) is 0 Å². The van der Waals surface area contributed by atoms with E-state index >= 15 is 0 Å². The number of benzene rings is 1. The lowest BCUT2D eigenvalue weighted by atomic mass is 10.0. The number of ether oxygens (including phenoxy) is 1. The summed E-state index contributed by atoms with van der Waals surface area (Å²) in [6.45, 7) is 6.21. The summed E-state index contributed by atoms with van der Waals surface area (Å²) in [7, 11) is 0. The summed E-state index contributed by atoms with van der Waals surface area (Å²) in [5, 5.41) is 14.2. The van der Waals surface area contributed by atoms with Crippen molar-refractivity contribution in [2.45, 2.75) is 33.2 Å². The molecule has 1 aromatic carbocycles. The lowest BCUT2D eigenvalue weighted by Crippen LogP contribution is -2.43. The molecule has 3 N–H and O–H groups in total. The largest absolute Gasteiger partial charge is 0.494 e. The van der Waals surface area contributed by atoms with Gasteiger partial charge in [0.05, 0.1) is 6.61 Å². The minimum atomic E-state index is -1.04. The molecule has 0 aliphatic rings. The van der Waals surface area contributed by atoms with Crippen molar-refractivity contribution in [2.75, 3.05) is 11.9 Å². The van der Waals surface area contributed by atoms with E-state index in [4.69, 9.17) is 9.84 Å². The maximum absolute atomic E-state index is 11.9. The molecular formula is C15H22N2O4. The van der Waals surface area contributed by atoms with Crippen molar-refractivity contribution in [3.8, 4) is 5.75 Å². The summed E-state index contributed by atoms with van der Waals surface area (Å²) >= 11 is 0. The number of amides is 2. The van der Waals surface area contributed by atoms with Gasteiger partial charge in [0, 0.05) is 11.8 Å². The van der Waals surface area contributed by atoms with Gasteiger partial charge in [-0.05, 0) is 31.4 Å². The second-order valence-electron chi connectivity index (χ2n) is 5.08. The quantitative estimate of drug-likeness (QED) is 0.721. The number of carboxylic acid groups (broad SMARTS) is 1. The Morgan fingerprint density at radius 2 is 2.05 bits per heavy atom. The van der Waals surface area contributed by atoms with E-state index < -0.39 is 18.0 Å². The van der Waals surface area contributed by atoms with Crippen molar-refractivity contribution >= 4 is 17.7 Å². The Hall–Kier alpha value is -2.24. The van der Waals surface area contributed by atoms with Crippen LogP contribution in [0.5, 0.6) is 5.75 Å². The van der Waals surface area contributed by atoms with E-state index in [1.807, 2.05) is 20.8 Å². The molecule has 0 aliphatic carbocycles. The number of aliphatic carboxylic acids is 1. The Morgan fingerprint density at radius 1 is 1.33 bits per heavy atom. The van der Waals surface area contributed by atoms with Gasteiger partial charge in [0.15, 0.2) is 0 Å². The molecule has 6 nitrogen and oxygen atoms in total. The molecule has 21 heavy (non-hydrogen) atoms. The molecule has 0 heterocycles. The normalized spacial score (nSPS) is 11.8. The smallest absolute Gasteiger partial charge is 0.326 e. The van der Waals surface area contributed by atoms with Crippen molar-refractivity contribution in [3.63, 3.8) is 0 Å². The summed E-state index contributed by atoms with van der Waals surface area (Å²) in [5.41, 5.74) is 0.548. The molecule has 116 valence electrons. The van der Waals surface area contributed by atoms with Crippen LogP contribution in [0.4, 0.5) is 10.5 Å². The van der Waals surface area contributed by atoms with E-state index in [9.17, 15) is 9.59 Å². The predicted molar refractivity (Wildman–Crippen MR) is 80.6 cm³/mol. The van der Waals surface area contributed by atoms with Gasteiger partial charge >= 0.3 is 12.0 Å². The van der Waals surface area contributed by atoms with Crippen LogP contribution in [-0.4, -0.2) is 29.8 Å². The highest BCUT2D eigenvalue weighted by Crippen LogP contribution is 2.17. The molecule has 0 unspecified atom stereocenters. The molecule has 2 amide bonds. The number of carbonyl (C=O) groups excluding carboxylic acids is 1. The number of urea groups is 1. The molecule has 1 aromatic rings. The van der Waals surface area contributed by atoms with Gasteiger partial charge in [0.25, 0.3) is 0 Å². The molecule has 6 heteroatoms. The fourth-order valence-corrected chi connectivity index (χ4v) is 1.85. The zero-order valence-electron chi connectivity index (χ0n) is 12.6. The number of hydrogen-bond acceptors (Lipinski definition) is 3. The van der Waals surface area contributed by atoms with Gasteiger partial charge in [-0.1, -0.05) is 19.9 Å². The van der Waals surface area contributed by atoms with Gasteiger partial charge in [-0.15, -0.1) is 0 Å². The van der Waals surface area contributed by atoms with E-state index in [0.717, 1.165) is 0 Å². The highest BCUT2D eigenvalue weighted by atomic mass is 16.5. The van der Waals surface area contributed by atoms with Crippen molar-refractivity contribution in [2.24, 2.45) is 5.92 Å². The summed E-state index contributed by atoms with van der Waals surface area (Å²) < 4.78 is 5.33. The third-order valence-corrected chi connectivity index (χ3v) is 2.71. The summed E-state index contributed by atoms with van der Waals surface area (Å²) in [5.74, 6) is -0.220. The van der Waals surface area contributed by atoms with Gasteiger partial charge in [-0.3, -0.25) is 0 Å². The lowest BCUT2D eigenvalue weighted by molar-refractivity contribution is -0.139. The minimum Gasteiger partial charge on any atom is -0.494 e. The molecule has 0 bridgehead atoms. The Labute approximate surface area is 124 Å². The topological polar surface area (TPSA) is 87.7 Å². The van der Waals surface area contributed by atoms with Crippen LogP contribution < -0.4 is 15.4 Å². The van der Waals surface area contributed by atoms with Crippen molar-refractivity contribution in [1.29, 1.82) is 0 Å². The van der Waals surface area contributed by atoms with Gasteiger partial charge < -0.3 is 20.5 Å². The highest BCUT2D eigenvalue weighted by Gasteiger charge is 2.21. The predicted octanol–water partition coefficient (Wildman–Crippen LogP) is 2.71. The minimum absolute atomic E-state index is 0.174. The number of nitrogens with one attached hydrogen (secondary N) is 2. The van der Waals surface area contributed by atoms with Crippen LogP contribution in [0, 0.1) is 5.92 Å². The zero-order chi connectivity index (χ0) is 15.8. The van der Waals surface area contributed by atoms with Crippen LogP contribution in [0.2, 0.25) is 0 Å². The molecule has 0 saturated heterocycles. The maximum atomic E-state index is 11.9. The molecule has 0 aromatic heterocycles. The fourth-order valence-electron chi connectivity index (χ4n) is 1.85. The van der Waals surface area contributed by atoms with Crippen molar-refractivity contribution < 1.29 is 19.4 Å². The molecule has 0 aliphatic heterocycles. The Balaban J connectivity index is 2.63. The van der Waals surface area contributed by atoms with Crippen LogP contribution in [0.1, 0.15) is 27.2 Å². The average molecular weight is 294 g/mol. The Bertz CT molecular complexity index is 488. The van der Waals surface area contributed by atoms with Gasteiger partial charge in [0.1, 0.15) is 11.8 Å². The van der Waals surface area contributed by atoms with Crippen molar-refractivity contribution in [3.05, 3.63) is 24.3 Å². The molecule has 0 saturated carbocycles. The summed E-state index contributed by atoms with van der Waals surface area (Å²) in [4.78, 5) is 23.0. The SMILES string of the molecule is CCOc1cccc(NC(=O)N[C@H](CC(C)C)C(=O)O)c1. The van der Waals surface area contributed by atoms with Gasteiger partial charge in [-0.25, -0.2) is 9.59 Å². The first-order valence-electron chi connectivity index (χ1n) is 6.95. The third kappa shape index (κ3) is 6.16. The maximum Gasteiger partial charge on any atom is 0.326 e. The van der Waals surface area contributed by atoms with Crippen LogP contribution in [-0.2, 0) is 4.79 Å². The lowest BCUT2D eigenvalue weighted by Gasteiger charge is -2.17. The number of carboxylic acids is 1. The Kier molecular flexibility index (Phi) is 6.52. The second kappa shape index (κ2) is 8.14. The standard InChI is InChI=1S/C15H22N2O4/c1-4-21-12-7-5-6-11(9-12)16-15(20)17-13(14(18)19)8-10(2)3/h5-7,9-10,13H,4,8H2,1-3H3,(H,18,19)(H2,16,17,20)/t13-/m1/s1. The molecule has 0 radical (unpaired) electrons.